The molecule has 82 valence electrons. The first kappa shape index (κ1) is 11.5. The van der Waals surface area contributed by atoms with Crippen LogP contribution >= 0.6 is 0 Å². The first-order valence-electron chi connectivity index (χ1n) is 5.22. The number of carbonyl (C=O) groups is 1. The summed E-state index contributed by atoms with van der Waals surface area (Å²) in [6.45, 7) is 2.32. The van der Waals surface area contributed by atoms with Crippen LogP contribution in [0.4, 0.5) is 0 Å². The third-order valence-corrected chi connectivity index (χ3v) is 2.50. The number of amides is 1. The summed E-state index contributed by atoms with van der Waals surface area (Å²) in [6.07, 6.45) is 2.36. The highest BCUT2D eigenvalue weighted by molar-refractivity contribution is 5.78. The van der Waals surface area contributed by atoms with Crippen LogP contribution in [0.25, 0.3) is 0 Å². The molecular weight excluding hydrogens is 178 g/mol. The van der Waals surface area contributed by atoms with Gasteiger partial charge in [-0.15, -0.1) is 0 Å². The zero-order valence-electron chi connectivity index (χ0n) is 9.42. The minimum absolute atomic E-state index is 0.214. The van der Waals surface area contributed by atoms with Crippen molar-refractivity contribution in [3.05, 3.63) is 0 Å². The lowest BCUT2D eigenvalue weighted by Gasteiger charge is -2.17. The molecule has 14 heavy (non-hydrogen) atoms. The van der Waals surface area contributed by atoms with E-state index in [0.717, 1.165) is 13.1 Å². The van der Waals surface area contributed by atoms with Gasteiger partial charge in [0.25, 0.3) is 0 Å². The van der Waals surface area contributed by atoms with Crippen LogP contribution < -0.4 is 5.32 Å². The van der Waals surface area contributed by atoms with E-state index in [9.17, 15) is 4.79 Å². The molecule has 1 N–H and O–H groups in total. The molecular formula is C10H21N3O. The lowest BCUT2D eigenvalue weighted by Crippen LogP contribution is -2.38. The number of hydrogen-bond donors (Lipinski definition) is 1. The van der Waals surface area contributed by atoms with Crippen molar-refractivity contribution >= 4 is 5.91 Å². The number of carbonyl (C=O) groups excluding carboxylic acids is 1. The van der Waals surface area contributed by atoms with Crippen molar-refractivity contribution in [1.82, 2.24) is 15.1 Å². The maximum Gasteiger partial charge on any atom is 0.236 e. The molecule has 0 bridgehead atoms. The highest BCUT2D eigenvalue weighted by Gasteiger charge is 2.28. The van der Waals surface area contributed by atoms with Gasteiger partial charge in [-0.3, -0.25) is 4.79 Å². The van der Waals surface area contributed by atoms with E-state index < -0.39 is 0 Å². The molecule has 0 saturated heterocycles. The molecule has 0 radical (unpaired) electrons. The second kappa shape index (κ2) is 5.32. The van der Waals surface area contributed by atoms with E-state index in [1.165, 1.54) is 12.8 Å². The summed E-state index contributed by atoms with van der Waals surface area (Å²) < 4.78 is 0. The lowest BCUT2D eigenvalue weighted by atomic mass is 10.4. The summed E-state index contributed by atoms with van der Waals surface area (Å²) in [7, 11) is 5.95. The normalized spacial score (nSPS) is 16.0. The average molecular weight is 199 g/mol. The molecule has 1 aliphatic carbocycles. The molecule has 0 heterocycles. The van der Waals surface area contributed by atoms with E-state index in [1.54, 1.807) is 0 Å². The van der Waals surface area contributed by atoms with Gasteiger partial charge in [-0.25, -0.2) is 0 Å². The number of likely N-dealkylation sites (N-methyl/N-ethyl adjacent to an activating group) is 2. The number of nitrogens with one attached hydrogen (secondary N) is 1. The Balaban J connectivity index is 2.02. The van der Waals surface area contributed by atoms with Crippen molar-refractivity contribution in [2.75, 3.05) is 40.8 Å². The van der Waals surface area contributed by atoms with Crippen LogP contribution in [0.1, 0.15) is 12.8 Å². The number of rotatable bonds is 6. The Bertz CT molecular complexity index is 190. The fourth-order valence-electron chi connectivity index (χ4n) is 1.29. The maximum atomic E-state index is 11.5. The second-order valence-corrected chi connectivity index (χ2v) is 4.22. The van der Waals surface area contributed by atoms with Crippen molar-refractivity contribution in [2.45, 2.75) is 18.9 Å². The van der Waals surface area contributed by atoms with E-state index in [2.05, 4.69) is 10.2 Å². The quantitative estimate of drug-likeness (QED) is 0.600. The van der Waals surface area contributed by atoms with Crippen LogP contribution in [0.5, 0.6) is 0 Å². The molecule has 4 nitrogen and oxygen atoms in total. The van der Waals surface area contributed by atoms with Gasteiger partial charge in [0.05, 0.1) is 6.54 Å². The summed E-state index contributed by atoms with van der Waals surface area (Å²) >= 11 is 0. The van der Waals surface area contributed by atoms with Gasteiger partial charge in [-0.1, -0.05) is 0 Å². The minimum atomic E-state index is 0.214. The highest BCUT2D eigenvalue weighted by atomic mass is 16.2. The van der Waals surface area contributed by atoms with Crippen LogP contribution in [0.2, 0.25) is 0 Å². The summed E-state index contributed by atoms with van der Waals surface area (Å²) in [5, 5.41) is 3.15. The van der Waals surface area contributed by atoms with Crippen LogP contribution in [-0.4, -0.2) is 62.5 Å². The van der Waals surface area contributed by atoms with E-state index in [4.69, 9.17) is 0 Å². The van der Waals surface area contributed by atoms with E-state index in [0.29, 0.717) is 12.6 Å². The highest BCUT2D eigenvalue weighted by Crippen LogP contribution is 2.24. The Morgan fingerprint density at radius 1 is 1.36 bits per heavy atom. The number of hydrogen-bond acceptors (Lipinski definition) is 3. The molecule has 1 amide bonds. The van der Waals surface area contributed by atoms with Crippen molar-refractivity contribution in [3.63, 3.8) is 0 Å². The molecule has 0 atom stereocenters. The Labute approximate surface area is 86.2 Å². The van der Waals surface area contributed by atoms with Crippen LogP contribution in [-0.2, 0) is 4.79 Å². The smallest absolute Gasteiger partial charge is 0.236 e. The van der Waals surface area contributed by atoms with Gasteiger partial charge in [0.1, 0.15) is 0 Å². The van der Waals surface area contributed by atoms with Gasteiger partial charge in [-0.05, 0) is 26.9 Å². The monoisotopic (exact) mass is 199 g/mol. The Morgan fingerprint density at radius 2 is 2.00 bits per heavy atom. The van der Waals surface area contributed by atoms with Gasteiger partial charge in [0, 0.05) is 26.2 Å². The van der Waals surface area contributed by atoms with Crippen molar-refractivity contribution in [3.8, 4) is 0 Å². The van der Waals surface area contributed by atoms with Crippen molar-refractivity contribution in [1.29, 1.82) is 0 Å². The summed E-state index contributed by atoms with van der Waals surface area (Å²) in [4.78, 5) is 15.5. The number of nitrogens with zero attached hydrogens (tertiary/aromatic N) is 2. The van der Waals surface area contributed by atoms with Gasteiger partial charge in [0.15, 0.2) is 0 Å². The third kappa shape index (κ3) is 4.07. The van der Waals surface area contributed by atoms with Gasteiger partial charge in [0.2, 0.25) is 5.91 Å². The SMILES string of the molecule is CN(C)CCNCC(=O)N(C)C1CC1. The van der Waals surface area contributed by atoms with Crippen LogP contribution in [0, 0.1) is 0 Å². The summed E-state index contributed by atoms with van der Waals surface area (Å²) in [5.74, 6) is 0.214. The zero-order chi connectivity index (χ0) is 10.6. The van der Waals surface area contributed by atoms with Crippen LogP contribution in [0.3, 0.4) is 0 Å². The van der Waals surface area contributed by atoms with E-state index in [1.807, 2.05) is 26.0 Å². The first-order valence-corrected chi connectivity index (χ1v) is 5.22. The van der Waals surface area contributed by atoms with Crippen molar-refractivity contribution < 1.29 is 4.79 Å². The Hall–Kier alpha value is -0.610. The summed E-state index contributed by atoms with van der Waals surface area (Å²) in [5.41, 5.74) is 0. The molecule has 1 aliphatic rings. The molecule has 1 fully saturated rings. The van der Waals surface area contributed by atoms with Crippen molar-refractivity contribution in [2.24, 2.45) is 0 Å². The molecule has 4 heteroatoms. The molecule has 0 unspecified atom stereocenters. The fraction of sp³-hybridized carbons (Fsp3) is 0.900. The molecule has 0 spiro atoms. The minimum Gasteiger partial charge on any atom is -0.342 e. The summed E-state index contributed by atoms with van der Waals surface area (Å²) in [6, 6.07) is 0.526. The standard InChI is InChI=1S/C10H21N3O/c1-12(2)7-6-11-8-10(14)13(3)9-4-5-9/h9,11H,4-8H2,1-3H3. The Morgan fingerprint density at radius 3 is 2.50 bits per heavy atom. The molecule has 0 aliphatic heterocycles. The largest absolute Gasteiger partial charge is 0.342 e. The predicted octanol–water partition coefficient (Wildman–Crippen LogP) is -0.242. The van der Waals surface area contributed by atoms with Crippen LogP contribution in [0.15, 0.2) is 0 Å². The molecule has 1 rings (SSSR count). The molecule has 0 aromatic carbocycles. The van der Waals surface area contributed by atoms with E-state index >= 15 is 0 Å². The maximum absolute atomic E-state index is 11.5. The molecule has 0 aromatic heterocycles. The third-order valence-electron chi connectivity index (χ3n) is 2.50. The fourth-order valence-corrected chi connectivity index (χ4v) is 1.29. The van der Waals surface area contributed by atoms with E-state index in [-0.39, 0.29) is 5.91 Å². The topological polar surface area (TPSA) is 35.6 Å². The first-order chi connectivity index (χ1) is 6.61. The predicted molar refractivity (Wildman–Crippen MR) is 57.2 cm³/mol. The second-order valence-electron chi connectivity index (χ2n) is 4.22. The lowest BCUT2D eigenvalue weighted by molar-refractivity contribution is -0.129. The zero-order valence-corrected chi connectivity index (χ0v) is 9.42. The average Bonchev–Trinajstić information content (AvgIpc) is 2.93. The van der Waals surface area contributed by atoms with Gasteiger partial charge in [-0.2, -0.15) is 0 Å². The molecule has 1 saturated carbocycles. The molecule has 0 aromatic rings. The Kier molecular flexibility index (Phi) is 4.35. The van der Waals surface area contributed by atoms with Gasteiger partial charge >= 0.3 is 0 Å². The van der Waals surface area contributed by atoms with Gasteiger partial charge < -0.3 is 15.1 Å².